The average molecular weight is 210 g/mol. The SMILES string of the molecule is Cc1ncc2cnn(-c3ccccc3)c2n1. The molecular weight excluding hydrogens is 200 g/mol. The van der Waals surface area contributed by atoms with Crippen LogP contribution >= 0.6 is 0 Å². The van der Waals surface area contributed by atoms with Crippen molar-refractivity contribution in [1.29, 1.82) is 0 Å². The van der Waals surface area contributed by atoms with Crippen molar-refractivity contribution in [2.24, 2.45) is 0 Å². The Bertz CT molecular complexity index is 628. The van der Waals surface area contributed by atoms with Crippen LogP contribution in [0.3, 0.4) is 0 Å². The van der Waals surface area contributed by atoms with Crippen molar-refractivity contribution >= 4 is 11.0 Å². The Morgan fingerprint density at radius 1 is 1.06 bits per heavy atom. The second-order valence-corrected chi connectivity index (χ2v) is 3.59. The van der Waals surface area contributed by atoms with Gasteiger partial charge in [0.2, 0.25) is 0 Å². The molecule has 78 valence electrons. The maximum atomic E-state index is 4.40. The molecule has 2 heterocycles. The maximum absolute atomic E-state index is 4.40. The van der Waals surface area contributed by atoms with Gasteiger partial charge in [0.1, 0.15) is 5.82 Å². The summed E-state index contributed by atoms with van der Waals surface area (Å²) < 4.78 is 1.82. The minimum atomic E-state index is 0.755. The van der Waals surface area contributed by atoms with Gasteiger partial charge in [0.25, 0.3) is 0 Å². The van der Waals surface area contributed by atoms with Crippen LogP contribution in [-0.2, 0) is 0 Å². The van der Waals surface area contributed by atoms with Crippen molar-refractivity contribution in [3.8, 4) is 5.69 Å². The van der Waals surface area contributed by atoms with Gasteiger partial charge in [-0.15, -0.1) is 0 Å². The summed E-state index contributed by atoms with van der Waals surface area (Å²) in [5.74, 6) is 0.755. The van der Waals surface area contributed by atoms with Gasteiger partial charge in [-0.3, -0.25) is 0 Å². The predicted octanol–water partition coefficient (Wildman–Crippen LogP) is 2.12. The van der Waals surface area contributed by atoms with Crippen molar-refractivity contribution in [3.05, 3.63) is 48.5 Å². The topological polar surface area (TPSA) is 43.6 Å². The first kappa shape index (κ1) is 9.03. The van der Waals surface area contributed by atoms with E-state index in [0.717, 1.165) is 22.5 Å². The molecule has 1 aromatic carbocycles. The lowest BCUT2D eigenvalue weighted by molar-refractivity contribution is 0.889. The molecule has 3 rings (SSSR count). The third-order valence-corrected chi connectivity index (χ3v) is 2.43. The van der Waals surface area contributed by atoms with Gasteiger partial charge in [-0.2, -0.15) is 5.10 Å². The highest BCUT2D eigenvalue weighted by Gasteiger charge is 2.05. The first-order valence-electron chi connectivity index (χ1n) is 5.07. The van der Waals surface area contributed by atoms with Crippen molar-refractivity contribution in [2.45, 2.75) is 6.92 Å². The van der Waals surface area contributed by atoms with Gasteiger partial charge in [-0.1, -0.05) is 18.2 Å². The Labute approximate surface area is 92.6 Å². The van der Waals surface area contributed by atoms with E-state index in [-0.39, 0.29) is 0 Å². The second kappa shape index (κ2) is 3.41. The van der Waals surface area contributed by atoms with Crippen molar-refractivity contribution in [1.82, 2.24) is 19.7 Å². The highest BCUT2D eigenvalue weighted by atomic mass is 15.3. The molecule has 0 unspecified atom stereocenters. The molecule has 0 bridgehead atoms. The molecule has 4 heteroatoms. The summed E-state index contributed by atoms with van der Waals surface area (Å²) in [6, 6.07) is 9.96. The molecule has 0 saturated heterocycles. The van der Waals surface area contributed by atoms with E-state index in [0.29, 0.717) is 0 Å². The lowest BCUT2D eigenvalue weighted by atomic mass is 10.3. The monoisotopic (exact) mass is 210 g/mol. The summed E-state index contributed by atoms with van der Waals surface area (Å²) in [6.07, 6.45) is 3.58. The van der Waals surface area contributed by atoms with Crippen LogP contribution in [0.4, 0.5) is 0 Å². The fourth-order valence-corrected chi connectivity index (χ4v) is 1.66. The number of aryl methyl sites for hydroxylation is 1. The molecule has 0 saturated carbocycles. The molecule has 0 radical (unpaired) electrons. The van der Waals surface area contributed by atoms with Gasteiger partial charge in [-0.25, -0.2) is 14.6 Å². The van der Waals surface area contributed by atoms with Crippen LogP contribution in [0.1, 0.15) is 5.82 Å². The van der Waals surface area contributed by atoms with Crippen molar-refractivity contribution in [2.75, 3.05) is 0 Å². The predicted molar refractivity (Wildman–Crippen MR) is 61.4 cm³/mol. The zero-order valence-corrected chi connectivity index (χ0v) is 8.83. The van der Waals surface area contributed by atoms with Crippen LogP contribution in [0.2, 0.25) is 0 Å². The van der Waals surface area contributed by atoms with Gasteiger partial charge >= 0.3 is 0 Å². The number of aromatic nitrogens is 4. The quantitative estimate of drug-likeness (QED) is 0.618. The van der Waals surface area contributed by atoms with E-state index >= 15 is 0 Å². The molecule has 0 aliphatic heterocycles. The smallest absolute Gasteiger partial charge is 0.166 e. The Kier molecular flexibility index (Phi) is 1.93. The first-order chi connectivity index (χ1) is 7.84. The molecule has 0 aliphatic carbocycles. The van der Waals surface area contributed by atoms with E-state index in [1.54, 1.807) is 12.4 Å². The Balaban J connectivity index is 2.29. The number of fused-ring (bicyclic) bond motifs is 1. The molecule has 0 fully saturated rings. The molecule has 0 atom stereocenters. The molecule has 0 amide bonds. The maximum Gasteiger partial charge on any atom is 0.166 e. The van der Waals surface area contributed by atoms with Crippen LogP contribution in [0.25, 0.3) is 16.7 Å². The van der Waals surface area contributed by atoms with Crippen LogP contribution in [0, 0.1) is 6.92 Å². The number of benzene rings is 1. The fraction of sp³-hybridized carbons (Fsp3) is 0.0833. The third kappa shape index (κ3) is 1.35. The largest absolute Gasteiger partial charge is 0.241 e. The van der Waals surface area contributed by atoms with Gasteiger partial charge < -0.3 is 0 Å². The zero-order chi connectivity index (χ0) is 11.0. The summed E-state index contributed by atoms with van der Waals surface area (Å²) in [5, 5.41) is 5.27. The van der Waals surface area contributed by atoms with Crippen molar-refractivity contribution < 1.29 is 0 Å². The van der Waals surface area contributed by atoms with Crippen LogP contribution < -0.4 is 0 Å². The number of nitrogens with zero attached hydrogens (tertiary/aromatic N) is 4. The lowest BCUT2D eigenvalue weighted by Crippen LogP contribution is -1.98. The Hall–Kier alpha value is -2.23. The van der Waals surface area contributed by atoms with Crippen LogP contribution in [0.5, 0.6) is 0 Å². The average Bonchev–Trinajstić information content (AvgIpc) is 2.73. The fourth-order valence-electron chi connectivity index (χ4n) is 1.66. The summed E-state index contributed by atoms with van der Waals surface area (Å²) >= 11 is 0. The minimum Gasteiger partial charge on any atom is -0.241 e. The molecule has 2 aromatic heterocycles. The number of hydrogen-bond acceptors (Lipinski definition) is 3. The molecular formula is C12H10N4. The minimum absolute atomic E-state index is 0.755. The third-order valence-electron chi connectivity index (χ3n) is 2.43. The standard InChI is InChI=1S/C12H10N4/c1-9-13-7-10-8-14-16(12(10)15-9)11-5-3-2-4-6-11/h2-8H,1H3. The van der Waals surface area contributed by atoms with E-state index in [2.05, 4.69) is 15.1 Å². The number of rotatable bonds is 1. The number of hydrogen-bond donors (Lipinski definition) is 0. The second-order valence-electron chi connectivity index (χ2n) is 3.59. The van der Waals surface area contributed by atoms with Gasteiger partial charge in [0.05, 0.1) is 17.3 Å². The summed E-state index contributed by atoms with van der Waals surface area (Å²) in [5.41, 5.74) is 1.86. The lowest BCUT2D eigenvalue weighted by Gasteiger charge is -2.01. The van der Waals surface area contributed by atoms with Crippen LogP contribution in [0.15, 0.2) is 42.7 Å². The highest BCUT2D eigenvalue weighted by molar-refractivity contribution is 5.75. The normalized spacial score (nSPS) is 10.8. The van der Waals surface area contributed by atoms with E-state index < -0.39 is 0 Å². The van der Waals surface area contributed by atoms with E-state index in [1.807, 2.05) is 41.9 Å². The summed E-state index contributed by atoms with van der Waals surface area (Å²) in [4.78, 5) is 8.55. The number of para-hydroxylation sites is 1. The Morgan fingerprint density at radius 3 is 2.69 bits per heavy atom. The first-order valence-corrected chi connectivity index (χ1v) is 5.07. The molecule has 0 aliphatic rings. The molecule has 0 N–H and O–H groups in total. The van der Waals surface area contributed by atoms with Crippen LogP contribution in [-0.4, -0.2) is 19.7 Å². The highest BCUT2D eigenvalue weighted by Crippen LogP contribution is 2.15. The molecule has 4 nitrogen and oxygen atoms in total. The molecule has 16 heavy (non-hydrogen) atoms. The summed E-state index contributed by atoms with van der Waals surface area (Å²) in [7, 11) is 0. The molecule has 3 aromatic rings. The van der Waals surface area contributed by atoms with Gasteiger partial charge in [0.15, 0.2) is 5.65 Å². The van der Waals surface area contributed by atoms with Crippen molar-refractivity contribution in [3.63, 3.8) is 0 Å². The van der Waals surface area contributed by atoms with E-state index in [4.69, 9.17) is 0 Å². The Morgan fingerprint density at radius 2 is 1.88 bits per heavy atom. The van der Waals surface area contributed by atoms with E-state index in [9.17, 15) is 0 Å². The zero-order valence-electron chi connectivity index (χ0n) is 8.83. The molecule has 0 spiro atoms. The van der Waals surface area contributed by atoms with Gasteiger partial charge in [-0.05, 0) is 19.1 Å². The summed E-state index contributed by atoms with van der Waals surface area (Å²) in [6.45, 7) is 1.88. The van der Waals surface area contributed by atoms with Gasteiger partial charge in [0, 0.05) is 6.20 Å². The van der Waals surface area contributed by atoms with E-state index in [1.165, 1.54) is 0 Å².